The van der Waals surface area contributed by atoms with Gasteiger partial charge in [-0.05, 0) is 29.3 Å². The van der Waals surface area contributed by atoms with Gasteiger partial charge in [-0.1, -0.05) is 24.3 Å². The van der Waals surface area contributed by atoms with Crippen molar-refractivity contribution < 1.29 is 0 Å². The van der Waals surface area contributed by atoms with Crippen LogP contribution in [0.15, 0.2) is 48.8 Å². The molecule has 2 aromatic heterocycles. The number of hydrogen-bond donors (Lipinski definition) is 0. The average Bonchev–Trinajstić information content (AvgIpc) is 2.87. The summed E-state index contributed by atoms with van der Waals surface area (Å²) >= 11 is 0. The molecule has 0 saturated heterocycles. The van der Waals surface area contributed by atoms with Gasteiger partial charge in [0.2, 0.25) is 0 Å². The first kappa shape index (κ1) is 7.30. The zero-order chi connectivity index (χ0) is 9.83. The van der Waals surface area contributed by atoms with E-state index >= 15 is 0 Å². The van der Waals surface area contributed by atoms with Gasteiger partial charge in [0.05, 0.1) is 5.52 Å². The highest BCUT2D eigenvalue weighted by Gasteiger charge is 2.14. The minimum absolute atomic E-state index is 1.31. The fourth-order valence-electron chi connectivity index (χ4n) is 2.47. The van der Waals surface area contributed by atoms with Gasteiger partial charge in [-0.3, -0.25) is 0 Å². The molecule has 0 spiro atoms. The molecule has 0 aliphatic heterocycles. The lowest BCUT2D eigenvalue weighted by Gasteiger charge is -1.96. The number of benzene rings is 1. The van der Waals surface area contributed by atoms with Crippen molar-refractivity contribution in [1.82, 2.24) is 4.40 Å². The van der Waals surface area contributed by atoms with Crippen molar-refractivity contribution >= 4 is 11.6 Å². The Labute approximate surface area is 87.3 Å². The molecule has 1 aliphatic carbocycles. The molecule has 0 saturated carbocycles. The summed E-state index contributed by atoms with van der Waals surface area (Å²) in [6.45, 7) is 0. The second-order valence-corrected chi connectivity index (χ2v) is 3.99. The van der Waals surface area contributed by atoms with Crippen LogP contribution in [-0.2, 0) is 0 Å². The van der Waals surface area contributed by atoms with Gasteiger partial charge in [0.1, 0.15) is 0 Å². The molecule has 3 aromatic rings. The zero-order valence-corrected chi connectivity index (χ0v) is 8.14. The maximum atomic E-state index is 2.28. The number of hydrogen-bond acceptors (Lipinski definition) is 0. The van der Waals surface area contributed by atoms with Crippen molar-refractivity contribution in [2.75, 3.05) is 0 Å². The van der Waals surface area contributed by atoms with Crippen molar-refractivity contribution in [1.29, 1.82) is 0 Å². The van der Waals surface area contributed by atoms with Gasteiger partial charge in [-0.2, -0.15) is 0 Å². The van der Waals surface area contributed by atoms with Crippen LogP contribution in [0, 0.1) is 0 Å². The maximum Gasteiger partial charge on any atom is 0.0529 e. The zero-order valence-electron chi connectivity index (χ0n) is 8.14. The van der Waals surface area contributed by atoms with E-state index in [2.05, 4.69) is 59.3 Å². The molecular formula is C14H9N. The van der Waals surface area contributed by atoms with Gasteiger partial charge < -0.3 is 4.40 Å². The summed E-state index contributed by atoms with van der Waals surface area (Å²) in [5.74, 6) is 0. The molecule has 1 aliphatic rings. The van der Waals surface area contributed by atoms with Crippen LogP contribution in [0.1, 0.15) is 5.56 Å². The van der Waals surface area contributed by atoms with E-state index in [-0.39, 0.29) is 0 Å². The van der Waals surface area contributed by atoms with E-state index in [1.54, 1.807) is 0 Å². The molecule has 1 nitrogen and oxygen atoms in total. The van der Waals surface area contributed by atoms with E-state index in [4.69, 9.17) is 0 Å². The van der Waals surface area contributed by atoms with E-state index < -0.39 is 0 Å². The van der Waals surface area contributed by atoms with Crippen LogP contribution in [0.25, 0.3) is 22.7 Å². The Balaban J connectivity index is 2.24. The van der Waals surface area contributed by atoms with Gasteiger partial charge in [0, 0.05) is 23.2 Å². The Kier molecular flexibility index (Phi) is 1.13. The monoisotopic (exact) mass is 191 g/mol. The van der Waals surface area contributed by atoms with Gasteiger partial charge >= 0.3 is 0 Å². The summed E-state index contributed by atoms with van der Waals surface area (Å²) in [5, 5.41) is 1.36. The van der Waals surface area contributed by atoms with E-state index in [0.717, 1.165) is 0 Å². The first-order valence-corrected chi connectivity index (χ1v) is 5.14. The Morgan fingerprint density at radius 1 is 0.867 bits per heavy atom. The largest absolute Gasteiger partial charge is 0.323 e. The lowest BCUT2D eigenvalue weighted by molar-refractivity contribution is 1.24. The minimum atomic E-state index is 1.31. The van der Waals surface area contributed by atoms with Crippen LogP contribution >= 0.6 is 0 Å². The van der Waals surface area contributed by atoms with Crippen LogP contribution < -0.4 is 5.22 Å². The summed E-state index contributed by atoms with van der Waals surface area (Å²) in [4.78, 5) is 0. The summed E-state index contributed by atoms with van der Waals surface area (Å²) in [6.07, 6.45) is 6.59. The van der Waals surface area contributed by atoms with Crippen molar-refractivity contribution in [2.24, 2.45) is 0 Å². The van der Waals surface area contributed by atoms with Crippen LogP contribution in [0.5, 0.6) is 0 Å². The predicted molar refractivity (Wildman–Crippen MR) is 61.6 cm³/mol. The fourth-order valence-corrected chi connectivity index (χ4v) is 2.47. The van der Waals surface area contributed by atoms with Crippen LogP contribution in [0.2, 0.25) is 0 Å². The molecule has 15 heavy (non-hydrogen) atoms. The number of aromatic nitrogens is 1. The molecule has 0 atom stereocenters. The Hall–Kier alpha value is -2.02. The second kappa shape index (κ2) is 2.31. The van der Waals surface area contributed by atoms with E-state index in [9.17, 15) is 0 Å². The SMILES string of the molecule is C1=c2c(cn3cccc23)-c2ccccc21. The molecule has 0 radical (unpaired) electrons. The molecule has 1 heteroatoms. The number of rotatable bonds is 0. The maximum absolute atomic E-state index is 2.28. The van der Waals surface area contributed by atoms with Gasteiger partial charge in [-0.15, -0.1) is 0 Å². The average molecular weight is 191 g/mol. The molecule has 0 fully saturated rings. The van der Waals surface area contributed by atoms with Crippen LogP contribution in [0.4, 0.5) is 0 Å². The predicted octanol–water partition coefficient (Wildman–Crippen LogP) is 2.47. The molecule has 0 bridgehead atoms. The van der Waals surface area contributed by atoms with Gasteiger partial charge in [-0.25, -0.2) is 0 Å². The molecule has 1 aromatic carbocycles. The molecule has 4 rings (SSSR count). The third kappa shape index (κ3) is 0.785. The lowest BCUT2D eigenvalue weighted by Crippen LogP contribution is -1.94. The normalized spacial score (nSPS) is 12.5. The highest BCUT2D eigenvalue weighted by atomic mass is 14.9. The quantitative estimate of drug-likeness (QED) is 0.402. The van der Waals surface area contributed by atoms with Crippen LogP contribution in [-0.4, -0.2) is 4.40 Å². The fraction of sp³-hybridized carbons (Fsp3) is 0. The summed E-state index contributed by atoms with van der Waals surface area (Å²) in [7, 11) is 0. The number of fused-ring (bicyclic) bond motifs is 5. The third-order valence-electron chi connectivity index (χ3n) is 3.16. The number of nitrogens with zero attached hydrogens (tertiary/aromatic N) is 1. The molecule has 2 heterocycles. The van der Waals surface area contributed by atoms with Gasteiger partial charge in [0.25, 0.3) is 0 Å². The van der Waals surface area contributed by atoms with E-state index in [1.807, 2.05) is 0 Å². The van der Waals surface area contributed by atoms with Crippen molar-refractivity contribution in [2.45, 2.75) is 0 Å². The van der Waals surface area contributed by atoms with Crippen LogP contribution in [0.3, 0.4) is 0 Å². The summed E-state index contributed by atoms with van der Waals surface area (Å²) < 4.78 is 2.19. The molecule has 70 valence electrons. The second-order valence-electron chi connectivity index (χ2n) is 3.99. The lowest BCUT2D eigenvalue weighted by atomic mass is 10.1. The standard InChI is InChI=1S/C14H9N/c1-2-5-11-10(4-1)8-12-13(11)9-15-7-3-6-14(12)15/h1-9H. The summed E-state index contributed by atoms with van der Waals surface area (Å²) in [6, 6.07) is 12.8. The van der Waals surface area contributed by atoms with Crippen molar-refractivity contribution in [3.05, 3.63) is 59.6 Å². The topological polar surface area (TPSA) is 4.41 Å². The van der Waals surface area contributed by atoms with Gasteiger partial charge in [0.15, 0.2) is 0 Å². The highest BCUT2D eigenvalue weighted by Crippen LogP contribution is 2.27. The Bertz CT molecular complexity index is 719. The van der Waals surface area contributed by atoms with Crippen molar-refractivity contribution in [3.8, 4) is 11.1 Å². The van der Waals surface area contributed by atoms with E-state index in [0.29, 0.717) is 0 Å². The first-order valence-electron chi connectivity index (χ1n) is 5.14. The highest BCUT2D eigenvalue weighted by molar-refractivity contribution is 5.87. The molecular weight excluding hydrogens is 182 g/mol. The molecule has 0 unspecified atom stereocenters. The molecule has 0 amide bonds. The minimum Gasteiger partial charge on any atom is -0.323 e. The van der Waals surface area contributed by atoms with E-state index in [1.165, 1.54) is 27.4 Å². The summed E-state index contributed by atoms with van der Waals surface area (Å²) in [5.41, 5.74) is 5.37. The van der Waals surface area contributed by atoms with Crippen molar-refractivity contribution in [3.63, 3.8) is 0 Å². The Morgan fingerprint density at radius 2 is 1.80 bits per heavy atom. The first-order chi connectivity index (χ1) is 7.43. The smallest absolute Gasteiger partial charge is 0.0529 e. The third-order valence-corrected chi connectivity index (χ3v) is 3.16. The Morgan fingerprint density at radius 3 is 2.80 bits per heavy atom. The molecule has 0 N–H and O–H groups in total.